The Hall–Kier alpha value is -1.44. The van der Waals surface area contributed by atoms with Gasteiger partial charge in [-0.1, -0.05) is 13.8 Å². The van der Waals surface area contributed by atoms with Gasteiger partial charge < -0.3 is 9.88 Å². The Kier molecular flexibility index (Phi) is 3.18. The number of aryl methyl sites for hydroxylation is 1. The lowest BCUT2D eigenvalue weighted by Crippen LogP contribution is -2.16. The van der Waals surface area contributed by atoms with Gasteiger partial charge in [0.05, 0.1) is 0 Å². The fourth-order valence-corrected chi connectivity index (χ4v) is 2.10. The average molecular weight is 216 g/mol. The summed E-state index contributed by atoms with van der Waals surface area (Å²) >= 11 is 0. The van der Waals surface area contributed by atoms with Gasteiger partial charge in [-0.3, -0.25) is 0 Å². The van der Waals surface area contributed by atoms with Gasteiger partial charge in [-0.05, 0) is 37.1 Å². The van der Waals surface area contributed by atoms with Crippen LogP contribution in [0.3, 0.4) is 0 Å². The van der Waals surface area contributed by atoms with Crippen LogP contribution in [0.5, 0.6) is 0 Å². The summed E-state index contributed by atoms with van der Waals surface area (Å²) in [4.78, 5) is 0. The van der Waals surface area contributed by atoms with Crippen LogP contribution in [0.4, 0.5) is 5.69 Å². The second-order valence-corrected chi connectivity index (χ2v) is 4.36. The van der Waals surface area contributed by atoms with Gasteiger partial charge in [0, 0.05) is 35.9 Å². The van der Waals surface area contributed by atoms with Crippen LogP contribution in [0.2, 0.25) is 0 Å². The molecule has 0 unspecified atom stereocenters. The van der Waals surface area contributed by atoms with Crippen molar-refractivity contribution in [3.8, 4) is 0 Å². The van der Waals surface area contributed by atoms with Crippen LogP contribution in [0, 0.1) is 0 Å². The molecule has 0 radical (unpaired) electrons. The zero-order valence-corrected chi connectivity index (χ0v) is 10.3. The molecule has 0 aliphatic rings. The van der Waals surface area contributed by atoms with Gasteiger partial charge in [0.1, 0.15) is 0 Å². The van der Waals surface area contributed by atoms with E-state index in [1.807, 2.05) is 0 Å². The van der Waals surface area contributed by atoms with E-state index in [9.17, 15) is 0 Å². The lowest BCUT2D eigenvalue weighted by molar-refractivity contribution is 0.672. The smallest absolute Gasteiger partial charge is 0.0479 e. The van der Waals surface area contributed by atoms with E-state index in [-0.39, 0.29) is 0 Å². The lowest BCUT2D eigenvalue weighted by Gasteiger charge is -2.16. The Bertz CT molecular complexity index is 467. The molecular formula is C14H20N2. The van der Waals surface area contributed by atoms with Crippen molar-refractivity contribution < 1.29 is 0 Å². The molecule has 2 aromatic rings. The van der Waals surface area contributed by atoms with E-state index in [0.717, 1.165) is 0 Å². The number of rotatable bonds is 4. The number of nitrogens with zero attached hydrogens (tertiary/aromatic N) is 1. The van der Waals surface area contributed by atoms with Gasteiger partial charge in [0.15, 0.2) is 0 Å². The van der Waals surface area contributed by atoms with E-state index < -0.39 is 0 Å². The van der Waals surface area contributed by atoms with E-state index >= 15 is 0 Å². The third kappa shape index (κ3) is 2.06. The average Bonchev–Trinajstić information content (AvgIpc) is 2.68. The summed E-state index contributed by atoms with van der Waals surface area (Å²) in [5, 5.41) is 4.87. The van der Waals surface area contributed by atoms with E-state index in [0.29, 0.717) is 6.04 Å². The summed E-state index contributed by atoms with van der Waals surface area (Å²) in [6.07, 6.45) is 4.44. The van der Waals surface area contributed by atoms with Crippen LogP contribution in [0.25, 0.3) is 10.9 Å². The van der Waals surface area contributed by atoms with Gasteiger partial charge in [-0.15, -0.1) is 0 Å². The van der Waals surface area contributed by atoms with Crippen LogP contribution in [-0.4, -0.2) is 10.6 Å². The first-order valence-electron chi connectivity index (χ1n) is 6.06. The minimum atomic E-state index is 0.584. The van der Waals surface area contributed by atoms with Crippen LogP contribution in [-0.2, 0) is 7.05 Å². The molecule has 0 fully saturated rings. The molecule has 0 spiro atoms. The summed E-state index contributed by atoms with van der Waals surface area (Å²) in [6, 6.07) is 9.32. The Labute approximate surface area is 97.3 Å². The Balaban J connectivity index is 2.25. The molecule has 0 aliphatic carbocycles. The highest BCUT2D eigenvalue weighted by molar-refractivity contribution is 5.83. The third-order valence-corrected chi connectivity index (χ3v) is 3.24. The van der Waals surface area contributed by atoms with E-state index in [4.69, 9.17) is 0 Å². The molecule has 1 N–H and O–H groups in total. The predicted octanol–water partition coefficient (Wildman–Crippen LogP) is 3.78. The Morgan fingerprint density at radius 1 is 1.19 bits per heavy atom. The molecule has 86 valence electrons. The number of hydrogen-bond acceptors (Lipinski definition) is 1. The molecule has 0 saturated carbocycles. The second kappa shape index (κ2) is 4.60. The van der Waals surface area contributed by atoms with Gasteiger partial charge in [0.2, 0.25) is 0 Å². The van der Waals surface area contributed by atoms with E-state index in [2.05, 4.69) is 61.2 Å². The lowest BCUT2D eigenvalue weighted by atomic mass is 10.1. The van der Waals surface area contributed by atoms with Crippen molar-refractivity contribution in [1.29, 1.82) is 0 Å². The van der Waals surface area contributed by atoms with E-state index in [1.54, 1.807) is 0 Å². The van der Waals surface area contributed by atoms with Crippen molar-refractivity contribution in [1.82, 2.24) is 4.57 Å². The molecule has 1 aromatic heterocycles. The first kappa shape index (κ1) is 11.1. The second-order valence-electron chi connectivity index (χ2n) is 4.36. The highest BCUT2D eigenvalue weighted by atomic mass is 14.9. The fourth-order valence-electron chi connectivity index (χ4n) is 2.10. The quantitative estimate of drug-likeness (QED) is 0.823. The molecule has 0 bridgehead atoms. The molecule has 1 aromatic carbocycles. The number of fused-ring (bicyclic) bond motifs is 1. The molecule has 0 aliphatic heterocycles. The summed E-state index contributed by atoms with van der Waals surface area (Å²) in [5.74, 6) is 0. The summed E-state index contributed by atoms with van der Waals surface area (Å²) in [7, 11) is 2.08. The summed E-state index contributed by atoms with van der Waals surface area (Å²) < 4.78 is 2.15. The monoisotopic (exact) mass is 216 g/mol. The van der Waals surface area contributed by atoms with Crippen molar-refractivity contribution >= 4 is 16.6 Å². The minimum absolute atomic E-state index is 0.584. The molecule has 0 saturated heterocycles. The molecule has 2 nitrogen and oxygen atoms in total. The number of nitrogens with one attached hydrogen (secondary N) is 1. The fraction of sp³-hybridized carbons (Fsp3) is 0.429. The SMILES string of the molecule is CCC(CC)Nc1ccc2c(ccn2C)c1. The summed E-state index contributed by atoms with van der Waals surface area (Å²) in [5.41, 5.74) is 2.52. The van der Waals surface area contributed by atoms with Gasteiger partial charge >= 0.3 is 0 Å². The Morgan fingerprint density at radius 3 is 2.62 bits per heavy atom. The van der Waals surface area contributed by atoms with Crippen molar-refractivity contribution in [2.45, 2.75) is 32.7 Å². The van der Waals surface area contributed by atoms with Crippen molar-refractivity contribution in [3.05, 3.63) is 30.5 Å². The largest absolute Gasteiger partial charge is 0.382 e. The van der Waals surface area contributed by atoms with Crippen LogP contribution in [0.15, 0.2) is 30.5 Å². The molecule has 2 heteroatoms. The first-order chi connectivity index (χ1) is 7.74. The molecule has 2 rings (SSSR count). The van der Waals surface area contributed by atoms with E-state index in [1.165, 1.54) is 29.4 Å². The standard InChI is InChI=1S/C14H20N2/c1-4-12(5-2)15-13-6-7-14-11(10-13)8-9-16(14)3/h6-10,12,15H,4-5H2,1-3H3. The van der Waals surface area contributed by atoms with Crippen molar-refractivity contribution in [2.24, 2.45) is 7.05 Å². The van der Waals surface area contributed by atoms with Crippen molar-refractivity contribution in [3.63, 3.8) is 0 Å². The summed E-state index contributed by atoms with van der Waals surface area (Å²) in [6.45, 7) is 4.45. The molecule has 0 atom stereocenters. The maximum Gasteiger partial charge on any atom is 0.0479 e. The number of aromatic nitrogens is 1. The number of anilines is 1. The maximum absolute atomic E-state index is 3.57. The topological polar surface area (TPSA) is 17.0 Å². The predicted molar refractivity (Wildman–Crippen MR) is 70.9 cm³/mol. The first-order valence-corrected chi connectivity index (χ1v) is 6.06. The highest BCUT2D eigenvalue weighted by Crippen LogP contribution is 2.20. The van der Waals surface area contributed by atoms with Crippen LogP contribution < -0.4 is 5.32 Å². The van der Waals surface area contributed by atoms with Crippen molar-refractivity contribution in [2.75, 3.05) is 5.32 Å². The van der Waals surface area contributed by atoms with Gasteiger partial charge in [-0.2, -0.15) is 0 Å². The van der Waals surface area contributed by atoms with Crippen LogP contribution >= 0.6 is 0 Å². The normalized spacial score (nSPS) is 11.2. The molecular weight excluding hydrogens is 196 g/mol. The minimum Gasteiger partial charge on any atom is -0.382 e. The van der Waals surface area contributed by atoms with Gasteiger partial charge in [-0.25, -0.2) is 0 Å². The highest BCUT2D eigenvalue weighted by Gasteiger charge is 2.04. The third-order valence-electron chi connectivity index (χ3n) is 3.24. The molecule has 1 heterocycles. The Morgan fingerprint density at radius 2 is 1.94 bits per heavy atom. The maximum atomic E-state index is 3.57. The molecule has 0 amide bonds. The van der Waals surface area contributed by atoms with Gasteiger partial charge in [0.25, 0.3) is 0 Å². The zero-order valence-electron chi connectivity index (χ0n) is 10.3. The van der Waals surface area contributed by atoms with Crippen LogP contribution in [0.1, 0.15) is 26.7 Å². The molecule has 16 heavy (non-hydrogen) atoms. The number of hydrogen-bond donors (Lipinski definition) is 1. The zero-order chi connectivity index (χ0) is 11.5. The number of benzene rings is 1.